The number of amides is 1. The first-order chi connectivity index (χ1) is 6.63. The molecule has 1 amide bonds. The zero-order valence-corrected chi connectivity index (χ0v) is 9.36. The van der Waals surface area contributed by atoms with Crippen molar-refractivity contribution < 1.29 is 4.79 Å². The molecule has 0 heterocycles. The van der Waals surface area contributed by atoms with E-state index in [0.29, 0.717) is 0 Å². The molecule has 1 aromatic rings. The molecule has 70 valence electrons. The highest BCUT2D eigenvalue weighted by molar-refractivity contribution is 14.1. The first kappa shape index (κ1) is 10.7. The Labute approximate surface area is 95.4 Å². The predicted octanol–water partition coefficient (Wildman–Crippen LogP) is 1.68. The number of halogens is 1. The van der Waals surface area contributed by atoms with Gasteiger partial charge in [0.1, 0.15) is 11.6 Å². The van der Waals surface area contributed by atoms with Crippen LogP contribution >= 0.6 is 22.6 Å². The molecule has 3 nitrogen and oxygen atoms in total. The molecule has 0 aromatic heterocycles. The van der Waals surface area contributed by atoms with E-state index in [0.717, 1.165) is 9.13 Å². The Kier molecular flexibility index (Phi) is 3.65. The maximum atomic E-state index is 10.7. The monoisotopic (exact) mass is 298 g/mol. The van der Waals surface area contributed by atoms with E-state index in [-0.39, 0.29) is 5.57 Å². The van der Waals surface area contributed by atoms with Crippen LogP contribution in [0.4, 0.5) is 0 Å². The number of nitriles is 1. The molecule has 14 heavy (non-hydrogen) atoms. The third kappa shape index (κ3) is 2.85. The fourth-order valence-corrected chi connectivity index (χ4v) is 1.24. The summed E-state index contributed by atoms with van der Waals surface area (Å²) in [5.74, 6) is -0.703. The maximum Gasteiger partial charge on any atom is 0.259 e. The van der Waals surface area contributed by atoms with Gasteiger partial charge in [-0.1, -0.05) is 12.1 Å². The summed E-state index contributed by atoms with van der Waals surface area (Å²) in [4.78, 5) is 10.7. The minimum Gasteiger partial charge on any atom is -0.365 e. The van der Waals surface area contributed by atoms with Gasteiger partial charge in [0.15, 0.2) is 0 Å². The van der Waals surface area contributed by atoms with E-state index >= 15 is 0 Å². The second-order valence-corrected chi connectivity index (χ2v) is 3.83. The van der Waals surface area contributed by atoms with Crippen molar-refractivity contribution in [3.8, 4) is 6.07 Å². The molecule has 0 aliphatic carbocycles. The van der Waals surface area contributed by atoms with Gasteiger partial charge in [-0.25, -0.2) is 0 Å². The second-order valence-electron chi connectivity index (χ2n) is 2.59. The number of carbonyl (C=O) groups is 1. The number of primary amides is 1. The van der Waals surface area contributed by atoms with Crippen molar-refractivity contribution in [3.63, 3.8) is 0 Å². The Hall–Kier alpha value is -1.35. The minimum absolute atomic E-state index is 0.0359. The van der Waals surface area contributed by atoms with E-state index in [9.17, 15) is 4.79 Å². The Morgan fingerprint density at radius 2 is 2.00 bits per heavy atom. The van der Waals surface area contributed by atoms with Crippen molar-refractivity contribution in [2.24, 2.45) is 5.73 Å². The van der Waals surface area contributed by atoms with Gasteiger partial charge in [0.2, 0.25) is 0 Å². The number of hydrogen-bond donors (Lipinski definition) is 1. The van der Waals surface area contributed by atoms with Gasteiger partial charge in [-0.2, -0.15) is 5.26 Å². The molecule has 0 atom stereocenters. The molecule has 0 aliphatic rings. The lowest BCUT2D eigenvalue weighted by atomic mass is 10.1. The highest BCUT2D eigenvalue weighted by Crippen LogP contribution is 2.10. The molecule has 4 heteroatoms. The topological polar surface area (TPSA) is 66.9 Å². The molecule has 0 radical (unpaired) electrons. The normalized spacial score (nSPS) is 10.7. The highest BCUT2D eigenvalue weighted by atomic mass is 127. The molecular weight excluding hydrogens is 291 g/mol. The molecule has 0 saturated heterocycles. The van der Waals surface area contributed by atoms with E-state index in [4.69, 9.17) is 11.0 Å². The Morgan fingerprint density at radius 1 is 1.43 bits per heavy atom. The van der Waals surface area contributed by atoms with Gasteiger partial charge in [0.05, 0.1) is 0 Å². The number of carbonyl (C=O) groups excluding carboxylic acids is 1. The largest absolute Gasteiger partial charge is 0.365 e. The van der Waals surface area contributed by atoms with Gasteiger partial charge >= 0.3 is 0 Å². The Balaban J connectivity index is 3.03. The molecule has 1 aromatic carbocycles. The van der Waals surface area contributed by atoms with Crippen molar-refractivity contribution in [2.45, 2.75) is 0 Å². The van der Waals surface area contributed by atoms with Crippen molar-refractivity contribution >= 4 is 34.6 Å². The van der Waals surface area contributed by atoms with Crippen molar-refractivity contribution in [1.29, 1.82) is 5.26 Å². The maximum absolute atomic E-state index is 10.7. The van der Waals surface area contributed by atoms with Crippen LogP contribution in [0.25, 0.3) is 6.08 Å². The quantitative estimate of drug-likeness (QED) is 0.513. The summed E-state index contributed by atoms with van der Waals surface area (Å²) in [6, 6.07) is 9.17. The molecular formula is C10H7IN2O. The van der Waals surface area contributed by atoms with Gasteiger partial charge in [0, 0.05) is 3.57 Å². The number of benzene rings is 1. The molecule has 0 fully saturated rings. The average Bonchev–Trinajstić information content (AvgIpc) is 2.16. The van der Waals surface area contributed by atoms with Crippen molar-refractivity contribution in [3.05, 3.63) is 39.0 Å². The minimum atomic E-state index is -0.703. The van der Waals surface area contributed by atoms with Gasteiger partial charge in [-0.15, -0.1) is 0 Å². The summed E-state index contributed by atoms with van der Waals surface area (Å²) in [5.41, 5.74) is 5.75. The van der Waals surface area contributed by atoms with Crippen LogP contribution in [0.5, 0.6) is 0 Å². The van der Waals surface area contributed by atoms with Crippen LogP contribution in [0, 0.1) is 14.9 Å². The fraction of sp³-hybridized carbons (Fsp3) is 0. The first-order valence-electron chi connectivity index (χ1n) is 3.80. The third-order valence-corrected chi connectivity index (χ3v) is 2.29. The van der Waals surface area contributed by atoms with Crippen LogP contribution in [0.3, 0.4) is 0 Å². The zero-order valence-electron chi connectivity index (χ0n) is 7.20. The summed E-state index contributed by atoms with van der Waals surface area (Å²) in [7, 11) is 0. The van der Waals surface area contributed by atoms with Gasteiger partial charge < -0.3 is 5.73 Å². The molecule has 0 unspecified atom stereocenters. The Morgan fingerprint density at radius 3 is 2.43 bits per heavy atom. The summed E-state index contributed by atoms with van der Waals surface area (Å²) in [5, 5.41) is 8.59. The van der Waals surface area contributed by atoms with Crippen LogP contribution in [-0.2, 0) is 4.79 Å². The van der Waals surface area contributed by atoms with E-state index in [1.165, 1.54) is 6.08 Å². The highest BCUT2D eigenvalue weighted by Gasteiger charge is 2.02. The smallest absolute Gasteiger partial charge is 0.259 e. The summed E-state index contributed by atoms with van der Waals surface area (Å²) in [6.07, 6.45) is 1.47. The molecule has 0 bridgehead atoms. The standard InChI is InChI=1S/C10H7IN2O/c11-9-3-1-7(2-4-9)5-8(6-12)10(13)14/h1-5H,(H2,13,14). The molecule has 2 N–H and O–H groups in total. The third-order valence-electron chi connectivity index (χ3n) is 1.57. The van der Waals surface area contributed by atoms with Gasteiger partial charge in [-0.3, -0.25) is 4.79 Å². The fourth-order valence-electron chi connectivity index (χ4n) is 0.884. The van der Waals surface area contributed by atoms with Crippen LogP contribution in [0.1, 0.15) is 5.56 Å². The number of nitrogens with zero attached hydrogens (tertiary/aromatic N) is 1. The number of rotatable bonds is 2. The summed E-state index contributed by atoms with van der Waals surface area (Å²) in [6.45, 7) is 0. The van der Waals surface area contributed by atoms with Crippen LogP contribution < -0.4 is 5.73 Å². The molecule has 0 saturated carbocycles. The van der Waals surface area contributed by atoms with Crippen LogP contribution in [-0.4, -0.2) is 5.91 Å². The number of hydrogen-bond acceptors (Lipinski definition) is 2. The average molecular weight is 298 g/mol. The van der Waals surface area contributed by atoms with Crippen LogP contribution in [0.2, 0.25) is 0 Å². The lowest BCUT2D eigenvalue weighted by molar-refractivity contribution is -0.114. The Bertz CT molecular complexity index is 415. The predicted molar refractivity (Wildman–Crippen MR) is 61.9 cm³/mol. The van der Waals surface area contributed by atoms with E-state index in [2.05, 4.69) is 22.6 Å². The molecule has 0 aliphatic heterocycles. The zero-order chi connectivity index (χ0) is 10.6. The van der Waals surface area contributed by atoms with Crippen molar-refractivity contribution in [1.82, 2.24) is 0 Å². The van der Waals surface area contributed by atoms with E-state index in [1.807, 2.05) is 24.3 Å². The van der Waals surface area contributed by atoms with Crippen molar-refractivity contribution in [2.75, 3.05) is 0 Å². The molecule has 1 rings (SSSR count). The summed E-state index contributed by atoms with van der Waals surface area (Å²) < 4.78 is 1.09. The first-order valence-corrected chi connectivity index (χ1v) is 4.88. The van der Waals surface area contributed by atoms with Gasteiger partial charge in [0.25, 0.3) is 5.91 Å². The van der Waals surface area contributed by atoms with Gasteiger partial charge in [-0.05, 0) is 46.4 Å². The summed E-state index contributed by atoms with van der Waals surface area (Å²) >= 11 is 2.18. The lowest BCUT2D eigenvalue weighted by Gasteiger charge is -1.94. The lowest BCUT2D eigenvalue weighted by Crippen LogP contribution is -2.12. The van der Waals surface area contributed by atoms with E-state index in [1.54, 1.807) is 6.07 Å². The van der Waals surface area contributed by atoms with E-state index < -0.39 is 5.91 Å². The van der Waals surface area contributed by atoms with Crippen LogP contribution in [0.15, 0.2) is 29.8 Å². The number of nitrogens with two attached hydrogens (primary N) is 1. The SMILES string of the molecule is N#CC(=Cc1ccc(I)cc1)C(N)=O. The molecule has 0 spiro atoms. The second kappa shape index (κ2) is 4.77.